The van der Waals surface area contributed by atoms with E-state index in [2.05, 4.69) is 11.4 Å². The van der Waals surface area contributed by atoms with Crippen LogP contribution < -0.4 is 5.32 Å². The van der Waals surface area contributed by atoms with Gasteiger partial charge in [-0.3, -0.25) is 0 Å². The molecule has 1 aliphatic carbocycles. The summed E-state index contributed by atoms with van der Waals surface area (Å²) in [4.78, 5) is 0. The molecule has 0 saturated heterocycles. The summed E-state index contributed by atoms with van der Waals surface area (Å²) in [5, 5.41) is 11.9. The average Bonchev–Trinajstić information content (AvgIpc) is 2.89. The van der Waals surface area contributed by atoms with Gasteiger partial charge in [0.2, 0.25) is 0 Å². The van der Waals surface area contributed by atoms with Crippen LogP contribution in [0.3, 0.4) is 0 Å². The van der Waals surface area contributed by atoms with Crippen molar-refractivity contribution in [1.82, 2.24) is 5.32 Å². The van der Waals surface area contributed by atoms with Crippen LogP contribution in [-0.4, -0.2) is 12.6 Å². The standard InChI is InChI=1S/C10H18N2/c1-2-10(8-11)12-7-3-4-9-5-6-9/h9-10,12H,2-7H2,1H3. The van der Waals surface area contributed by atoms with Crippen molar-refractivity contribution in [3.63, 3.8) is 0 Å². The van der Waals surface area contributed by atoms with Crippen LogP contribution in [0, 0.1) is 17.2 Å². The Morgan fingerprint density at radius 3 is 2.83 bits per heavy atom. The Balaban J connectivity index is 1.89. The minimum Gasteiger partial charge on any atom is -0.302 e. The summed E-state index contributed by atoms with van der Waals surface area (Å²) in [6.45, 7) is 3.06. The van der Waals surface area contributed by atoms with Gasteiger partial charge in [-0.1, -0.05) is 19.8 Å². The van der Waals surface area contributed by atoms with Crippen molar-refractivity contribution in [2.45, 2.75) is 45.1 Å². The Hall–Kier alpha value is -0.550. The van der Waals surface area contributed by atoms with E-state index in [0.29, 0.717) is 0 Å². The molecule has 1 saturated carbocycles. The van der Waals surface area contributed by atoms with E-state index in [0.717, 1.165) is 18.9 Å². The average molecular weight is 166 g/mol. The second-order valence-corrected chi connectivity index (χ2v) is 3.63. The predicted molar refractivity (Wildman–Crippen MR) is 49.7 cm³/mol. The zero-order valence-corrected chi connectivity index (χ0v) is 7.84. The van der Waals surface area contributed by atoms with Crippen LogP contribution >= 0.6 is 0 Å². The van der Waals surface area contributed by atoms with Crippen molar-refractivity contribution >= 4 is 0 Å². The summed E-state index contributed by atoms with van der Waals surface area (Å²) in [5.74, 6) is 1.02. The first-order valence-electron chi connectivity index (χ1n) is 4.99. The van der Waals surface area contributed by atoms with Crippen LogP contribution in [0.25, 0.3) is 0 Å². The number of nitriles is 1. The molecule has 0 aromatic carbocycles. The maximum atomic E-state index is 8.63. The fourth-order valence-electron chi connectivity index (χ4n) is 1.35. The first kappa shape index (κ1) is 9.54. The van der Waals surface area contributed by atoms with Crippen LogP contribution in [0.4, 0.5) is 0 Å². The second-order valence-electron chi connectivity index (χ2n) is 3.63. The molecule has 0 bridgehead atoms. The van der Waals surface area contributed by atoms with E-state index in [1.165, 1.54) is 25.7 Å². The molecule has 0 aliphatic heterocycles. The van der Waals surface area contributed by atoms with E-state index < -0.39 is 0 Å². The van der Waals surface area contributed by atoms with Crippen molar-refractivity contribution in [2.75, 3.05) is 6.54 Å². The molecule has 1 N–H and O–H groups in total. The topological polar surface area (TPSA) is 35.8 Å². The Bertz CT molecular complexity index is 156. The van der Waals surface area contributed by atoms with Crippen LogP contribution in [0.15, 0.2) is 0 Å². The van der Waals surface area contributed by atoms with E-state index in [1.54, 1.807) is 0 Å². The number of hydrogen-bond acceptors (Lipinski definition) is 2. The highest BCUT2D eigenvalue weighted by atomic mass is 14.9. The van der Waals surface area contributed by atoms with Gasteiger partial charge in [0.1, 0.15) is 0 Å². The molecule has 0 heterocycles. The number of rotatable bonds is 6. The fraction of sp³-hybridized carbons (Fsp3) is 0.900. The summed E-state index contributed by atoms with van der Waals surface area (Å²) in [7, 11) is 0. The summed E-state index contributed by atoms with van der Waals surface area (Å²) in [6, 6.07) is 2.32. The molecular weight excluding hydrogens is 148 g/mol. The van der Waals surface area contributed by atoms with Gasteiger partial charge in [0.15, 0.2) is 0 Å². The molecule has 1 fully saturated rings. The summed E-state index contributed by atoms with van der Waals surface area (Å²) in [5.41, 5.74) is 0. The third-order valence-electron chi connectivity index (χ3n) is 2.44. The zero-order chi connectivity index (χ0) is 8.81. The Morgan fingerprint density at radius 1 is 1.58 bits per heavy atom. The van der Waals surface area contributed by atoms with Gasteiger partial charge in [-0.15, -0.1) is 0 Å². The molecule has 2 nitrogen and oxygen atoms in total. The van der Waals surface area contributed by atoms with Gasteiger partial charge in [-0.25, -0.2) is 0 Å². The first-order valence-corrected chi connectivity index (χ1v) is 4.99. The molecular formula is C10H18N2. The van der Waals surface area contributed by atoms with Crippen LogP contribution in [-0.2, 0) is 0 Å². The van der Waals surface area contributed by atoms with Crippen LogP contribution in [0.1, 0.15) is 39.0 Å². The Labute approximate surface area is 75.0 Å². The van der Waals surface area contributed by atoms with Crippen LogP contribution in [0.5, 0.6) is 0 Å². The van der Waals surface area contributed by atoms with Gasteiger partial charge in [0.25, 0.3) is 0 Å². The van der Waals surface area contributed by atoms with Gasteiger partial charge < -0.3 is 5.32 Å². The van der Waals surface area contributed by atoms with Crippen LogP contribution in [0.2, 0.25) is 0 Å². The molecule has 0 spiro atoms. The monoisotopic (exact) mass is 166 g/mol. The highest BCUT2D eigenvalue weighted by Crippen LogP contribution is 2.33. The van der Waals surface area contributed by atoms with E-state index in [1.807, 2.05) is 6.92 Å². The summed E-state index contributed by atoms with van der Waals surface area (Å²) >= 11 is 0. The molecule has 12 heavy (non-hydrogen) atoms. The first-order chi connectivity index (χ1) is 5.86. The molecule has 1 aliphatic rings. The largest absolute Gasteiger partial charge is 0.302 e. The lowest BCUT2D eigenvalue weighted by Gasteiger charge is -2.07. The molecule has 0 aromatic heterocycles. The van der Waals surface area contributed by atoms with Crippen molar-refractivity contribution < 1.29 is 0 Å². The van der Waals surface area contributed by atoms with Crippen molar-refractivity contribution in [2.24, 2.45) is 5.92 Å². The second kappa shape index (κ2) is 5.16. The normalized spacial score (nSPS) is 18.7. The molecule has 1 rings (SSSR count). The molecule has 1 unspecified atom stereocenters. The summed E-state index contributed by atoms with van der Waals surface area (Å²) < 4.78 is 0. The zero-order valence-electron chi connectivity index (χ0n) is 7.84. The minimum atomic E-state index is 0.0733. The van der Waals surface area contributed by atoms with Gasteiger partial charge in [0, 0.05) is 0 Å². The number of hydrogen-bond donors (Lipinski definition) is 1. The maximum Gasteiger partial charge on any atom is 0.0950 e. The van der Waals surface area contributed by atoms with Gasteiger partial charge in [-0.05, 0) is 31.7 Å². The highest BCUT2D eigenvalue weighted by Gasteiger charge is 2.19. The Morgan fingerprint density at radius 2 is 2.33 bits per heavy atom. The third kappa shape index (κ3) is 3.73. The number of nitrogens with zero attached hydrogens (tertiary/aromatic N) is 1. The molecule has 1 atom stereocenters. The lowest BCUT2D eigenvalue weighted by molar-refractivity contribution is 0.543. The molecule has 0 radical (unpaired) electrons. The minimum absolute atomic E-state index is 0.0733. The fourth-order valence-corrected chi connectivity index (χ4v) is 1.35. The van der Waals surface area contributed by atoms with Crippen molar-refractivity contribution in [3.05, 3.63) is 0 Å². The van der Waals surface area contributed by atoms with Crippen molar-refractivity contribution in [1.29, 1.82) is 5.26 Å². The Kier molecular flexibility index (Phi) is 4.10. The third-order valence-corrected chi connectivity index (χ3v) is 2.44. The molecule has 2 heteroatoms. The van der Waals surface area contributed by atoms with Gasteiger partial charge in [0.05, 0.1) is 12.1 Å². The smallest absolute Gasteiger partial charge is 0.0950 e. The van der Waals surface area contributed by atoms with Crippen molar-refractivity contribution in [3.8, 4) is 6.07 Å². The number of nitrogens with one attached hydrogen (secondary N) is 1. The maximum absolute atomic E-state index is 8.63. The van der Waals surface area contributed by atoms with E-state index >= 15 is 0 Å². The predicted octanol–water partition coefficient (Wildman–Crippen LogP) is 2.07. The lowest BCUT2D eigenvalue weighted by atomic mass is 10.2. The quantitative estimate of drug-likeness (QED) is 0.613. The highest BCUT2D eigenvalue weighted by molar-refractivity contribution is 4.88. The SMILES string of the molecule is CCC(C#N)NCCCC1CC1. The van der Waals surface area contributed by atoms with Gasteiger partial charge in [-0.2, -0.15) is 5.26 Å². The molecule has 0 aromatic rings. The van der Waals surface area contributed by atoms with E-state index in [-0.39, 0.29) is 6.04 Å². The lowest BCUT2D eigenvalue weighted by Crippen LogP contribution is -2.27. The van der Waals surface area contributed by atoms with E-state index in [9.17, 15) is 0 Å². The molecule has 0 amide bonds. The molecule has 68 valence electrons. The van der Waals surface area contributed by atoms with E-state index in [4.69, 9.17) is 5.26 Å². The summed E-state index contributed by atoms with van der Waals surface area (Å²) in [6.07, 6.45) is 6.39. The van der Waals surface area contributed by atoms with Gasteiger partial charge >= 0.3 is 0 Å².